The molecule has 1 aliphatic heterocycles. The lowest BCUT2D eigenvalue weighted by molar-refractivity contribution is 0.783. The molecule has 0 amide bonds. The number of thioether (sulfide) groups is 1. The van der Waals surface area contributed by atoms with E-state index in [1.165, 1.54) is 5.75 Å². The van der Waals surface area contributed by atoms with Crippen LogP contribution >= 0.6 is 35.0 Å². The Morgan fingerprint density at radius 2 is 2.31 bits per heavy atom. The Bertz CT molecular complexity index is 370. The van der Waals surface area contributed by atoms with Gasteiger partial charge in [-0.2, -0.15) is 11.8 Å². The average Bonchev–Trinajstić information content (AvgIpc) is 2.28. The normalized spacial score (nSPS) is 21.2. The minimum atomic E-state index is 0.520. The van der Waals surface area contributed by atoms with Crippen molar-refractivity contribution < 1.29 is 0 Å². The SMILES string of the molecule is CC1CN(c2ccc(CCl)cc2Cl)CCS1. The molecule has 1 aromatic carbocycles. The summed E-state index contributed by atoms with van der Waals surface area (Å²) in [5.41, 5.74) is 2.22. The Hall–Kier alpha value is -0.0500. The molecule has 0 N–H and O–H groups in total. The van der Waals surface area contributed by atoms with Gasteiger partial charge in [-0.3, -0.25) is 0 Å². The predicted molar refractivity (Wildman–Crippen MR) is 75.1 cm³/mol. The third kappa shape index (κ3) is 2.79. The molecule has 1 saturated heterocycles. The van der Waals surface area contributed by atoms with E-state index < -0.39 is 0 Å². The van der Waals surface area contributed by atoms with Crippen molar-refractivity contribution in [3.8, 4) is 0 Å². The van der Waals surface area contributed by atoms with Gasteiger partial charge >= 0.3 is 0 Å². The van der Waals surface area contributed by atoms with Crippen LogP contribution in [0.2, 0.25) is 5.02 Å². The number of anilines is 1. The zero-order valence-electron chi connectivity index (χ0n) is 9.25. The van der Waals surface area contributed by atoms with Crippen LogP contribution < -0.4 is 4.90 Å². The number of rotatable bonds is 2. The molecule has 0 saturated carbocycles. The molecule has 16 heavy (non-hydrogen) atoms. The highest BCUT2D eigenvalue weighted by Crippen LogP contribution is 2.30. The number of nitrogens with zero attached hydrogens (tertiary/aromatic N) is 1. The number of alkyl halides is 1. The maximum atomic E-state index is 6.28. The molecule has 1 aromatic rings. The predicted octanol–water partition coefficient (Wildman–Crippen LogP) is 4.02. The minimum absolute atomic E-state index is 0.520. The first-order valence-corrected chi connectivity index (χ1v) is 7.38. The molecule has 0 bridgehead atoms. The van der Waals surface area contributed by atoms with Crippen molar-refractivity contribution in [3.63, 3.8) is 0 Å². The number of benzene rings is 1. The van der Waals surface area contributed by atoms with Gasteiger partial charge in [0.15, 0.2) is 0 Å². The Morgan fingerprint density at radius 3 is 2.94 bits per heavy atom. The second-order valence-corrected chi connectivity index (χ2v) is 6.27. The van der Waals surface area contributed by atoms with Crippen molar-refractivity contribution in [3.05, 3.63) is 28.8 Å². The van der Waals surface area contributed by atoms with Gasteiger partial charge < -0.3 is 4.90 Å². The fourth-order valence-corrected chi connectivity index (χ4v) is 3.43. The van der Waals surface area contributed by atoms with E-state index in [1.807, 2.05) is 17.8 Å². The van der Waals surface area contributed by atoms with Crippen molar-refractivity contribution in [2.45, 2.75) is 18.1 Å². The summed E-state index contributed by atoms with van der Waals surface area (Å²) in [6.07, 6.45) is 0. The fraction of sp³-hybridized carbons (Fsp3) is 0.500. The van der Waals surface area contributed by atoms with Crippen LogP contribution in [-0.4, -0.2) is 24.1 Å². The third-order valence-electron chi connectivity index (χ3n) is 2.75. The van der Waals surface area contributed by atoms with E-state index in [2.05, 4.69) is 24.0 Å². The maximum Gasteiger partial charge on any atom is 0.0642 e. The molecule has 1 fully saturated rings. The van der Waals surface area contributed by atoms with Crippen LogP contribution in [0.25, 0.3) is 0 Å². The highest BCUT2D eigenvalue weighted by Gasteiger charge is 2.18. The van der Waals surface area contributed by atoms with Crippen LogP contribution in [0.5, 0.6) is 0 Å². The Balaban J connectivity index is 2.19. The van der Waals surface area contributed by atoms with E-state index >= 15 is 0 Å². The molecule has 1 heterocycles. The molecule has 0 aromatic heterocycles. The molecule has 0 spiro atoms. The van der Waals surface area contributed by atoms with Gasteiger partial charge in [-0.25, -0.2) is 0 Å². The van der Waals surface area contributed by atoms with E-state index in [0.717, 1.165) is 29.4 Å². The molecule has 0 radical (unpaired) electrons. The van der Waals surface area contributed by atoms with Crippen LogP contribution in [0.15, 0.2) is 18.2 Å². The summed E-state index contributed by atoms with van der Waals surface area (Å²) in [5, 5.41) is 1.50. The molecular weight excluding hydrogens is 261 g/mol. The Morgan fingerprint density at radius 1 is 1.50 bits per heavy atom. The van der Waals surface area contributed by atoms with Gasteiger partial charge in [0.05, 0.1) is 10.7 Å². The minimum Gasteiger partial charge on any atom is -0.368 e. The zero-order chi connectivity index (χ0) is 11.5. The largest absolute Gasteiger partial charge is 0.368 e. The molecule has 1 atom stereocenters. The van der Waals surface area contributed by atoms with Crippen molar-refractivity contribution in [2.75, 3.05) is 23.7 Å². The molecule has 88 valence electrons. The molecule has 0 aliphatic carbocycles. The van der Waals surface area contributed by atoms with Crippen LogP contribution in [0.4, 0.5) is 5.69 Å². The highest BCUT2D eigenvalue weighted by atomic mass is 35.5. The summed E-state index contributed by atoms with van der Waals surface area (Å²) in [6, 6.07) is 6.11. The molecule has 4 heteroatoms. The van der Waals surface area contributed by atoms with Crippen LogP contribution in [0, 0.1) is 0 Å². The van der Waals surface area contributed by atoms with Crippen molar-refractivity contribution >= 4 is 40.7 Å². The fourth-order valence-electron chi connectivity index (χ4n) is 1.93. The van der Waals surface area contributed by atoms with Gasteiger partial charge in [0.1, 0.15) is 0 Å². The summed E-state index contributed by atoms with van der Waals surface area (Å²) in [7, 11) is 0. The number of halogens is 2. The van der Waals surface area contributed by atoms with Crippen molar-refractivity contribution in [1.82, 2.24) is 0 Å². The van der Waals surface area contributed by atoms with Crippen LogP contribution in [0.1, 0.15) is 12.5 Å². The van der Waals surface area contributed by atoms with E-state index in [4.69, 9.17) is 23.2 Å². The third-order valence-corrected chi connectivity index (χ3v) is 4.50. The van der Waals surface area contributed by atoms with Crippen LogP contribution in [-0.2, 0) is 5.88 Å². The topological polar surface area (TPSA) is 3.24 Å². The first-order valence-electron chi connectivity index (χ1n) is 5.41. The lowest BCUT2D eigenvalue weighted by atomic mass is 10.2. The lowest BCUT2D eigenvalue weighted by Crippen LogP contribution is -2.36. The number of hydrogen-bond acceptors (Lipinski definition) is 2. The molecule has 1 unspecified atom stereocenters. The summed E-state index contributed by atoms with van der Waals surface area (Å²) in [5.74, 6) is 1.70. The molecule has 1 aliphatic rings. The van der Waals surface area contributed by atoms with E-state index in [9.17, 15) is 0 Å². The summed E-state index contributed by atoms with van der Waals surface area (Å²) in [4.78, 5) is 2.36. The van der Waals surface area contributed by atoms with Gasteiger partial charge in [-0.15, -0.1) is 11.6 Å². The molecule has 2 rings (SSSR count). The summed E-state index contributed by atoms with van der Waals surface area (Å²) >= 11 is 14.1. The Labute approximate surface area is 111 Å². The average molecular weight is 276 g/mol. The molecular formula is C12H15Cl2NS. The maximum absolute atomic E-state index is 6.28. The summed E-state index contributed by atoms with van der Waals surface area (Å²) in [6.45, 7) is 4.41. The van der Waals surface area contributed by atoms with Gasteiger partial charge in [-0.1, -0.05) is 24.6 Å². The quantitative estimate of drug-likeness (QED) is 0.750. The van der Waals surface area contributed by atoms with Gasteiger partial charge in [0, 0.05) is 30.0 Å². The monoisotopic (exact) mass is 275 g/mol. The van der Waals surface area contributed by atoms with E-state index in [1.54, 1.807) is 0 Å². The Kier molecular flexibility index (Phi) is 4.28. The molecule has 1 nitrogen and oxygen atoms in total. The van der Waals surface area contributed by atoms with E-state index in [0.29, 0.717) is 11.1 Å². The first kappa shape index (κ1) is 12.4. The summed E-state index contributed by atoms with van der Waals surface area (Å²) < 4.78 is 0. The van der Waals surface area contributed by atoms with E-state index in [-0.39, 0.29) is 0 Å². The second-order valence-electron chi connectivity index (χ2n) is 4.05. The smallest absolute Gasteiger partial charge is 0.0642 e. The highest BCUT2D eigenvalue weighted by molar-refractivity contribution is 8.00. The number of hydrogen-bond donors (Lipinski definition) is 0. The van der Waals surface area contributed by atoms with Gasteiger partial charge in [0.2, 0.25) is 0 Å². The zero-order valence-corrected chi connectivity index (χ0v) is 11.6. The first-order chi connectivity index (χ1) is 7.70. The van der Waals surface area contributed by atoms with Crippen molar-refractivity contribution in [1.29, 1.82) is 0 Å². The second kappa shape index (κ2) is 5.52. The van der Waals surface area contributed by atoms with Gasteiger partial charge in [-0.05, 0) is 17.7 Å². The standard InChI is InChI=1S/C12H15Cl2NS/c1-9-8-15(4-5-16-9)12-3-2-10(7-13)6-11(12)14/h2-3,6,9H,4-5,7-8H2,1H3. The van der Waals surface area contributed by atoms with Crippen molar-refractivity contribution in [2.24, 2.45) is 0 Å². The van der Waals surface area contributed by atoms with Crippen LogP contribution in [0.3, 0.4) is 0 Å². The van der Waals surface area contributed by atoms with Gasteiger partial charge in [0.25, 0.3) is 0 Å². The lowest BCUT2D eigenvalue weighted by Gasteiger charge is -2.33.